The molecule has 0 fully saturated rings. The van der Waals surface area contributed by atoms with Crippen molar-refractivity contribution in [1.82, 2.24) is 0 Å². The minimum Gasteiger partial charge on any atom is -0.192 e. The SMILES string of the molecule is Cc1ccc(I)cc1C#N. The molecule has 0 heterocycles. The molecule has 50 valence electrons. The van der Waals surface area contributed by atoms with Crippen LogP contribution < -0.4 is 0 Å². The van der Waals surface area contributed by atoms with E-state index in [9.17, 15) is 0 Å². The molecule has 0 N–H and O–H groups in total. The Balaban J connectivity index is 3.25. The van der Waals surface area contributed by atoms with Crippen LogP contribution in [0, 0.1) is 21.8 Å². The summed E-state index contributed by atoms with van der Waals surface area (Å²) < 4.78 is 1.11. The second-order valence-corrected chi connectivity index (χ2v) is 3.32. The summed E-state index contributed by atoms with van der Waals surface area (Å²) in [5.74, 6) is 0. The van der Waals surface area contributed by atoms with Gasteiger partial charge in [0, 0.05) is 3.57 Å². The number of rotatable bonds is 0. The van der Waals surface area contributed by atoms with Crippen LogP contribution in [0.3, 0.4) is 0 Å². The minimum absolute atomic E-state index is 0.770. The zero-order valence-electron chi connectivity index (χ0n) is 5.56. The number of hydrogen-bond acceptors (Lipinski definition) is 1. The van der Waals surface area contributed by atoms with Gasteiger partial charge in [-0.15, -0.1) is 0 Å². The van der Waals surface area contributed by atoms with E-state index in [1.165, 1.54) is 0 Å². The lowest BCUT2D eigenvalue weighted by Gasteiger charge is -1.94. The van der Waals surface area contributed by atoms with Gasteiger partial charge in [-0.05, 0) is 47.2 Å². The monoisotopic (exact) mass is 243 g/mol. The molecular formula is C8H6IN. The van der Waals surface area contributed by atoms with E-state index in [0.717, 1.165) is 14.7 Å². The van der Waals surface area contributed by atoms with E-state index in [4.69, 9.17) is 5.26 Å². The van der Waals surface area contributed by atoms with Crippen LogP contribution in [0.4, 0.5) is 0 Å². The molecule has 0 atom stereocenters. The predicted octanol–water partition coefficient (Wildman–Crippen LogP) is 2.47. The van der Waals surface area contributed by atoms with Crippen LogP contribution in [0.5, 0.6) is 0 Å². The Labute approximate surface area is 73.8 Å². The Kier molecular flexibility index (Phi) is 2.28. The second-order valence-electron chi connectivity index (χ2n) is 2.07. The van der Waals surface area contributed by atoms with Crippen LogP contribution in [-0.4, -0.2) is 0 Å². The van der Waals surface area contributed by atoms with E-state index in [0.29, 0.717) is 0 Å². The maximum Gasteiger partial charge on any atom is 0.0994 e. The fraction of sp³-hybridized carbons (Fsp3) is 0.125. The molecule has 0 aliphatic heterocycles. The smallest absolute Gasteiger partial charge is 0.0994 e. The number of aryl methyl sites for hydroxylation is 1. The predicted molar refractivity (Wildman–Crippen MR) is 48.6 cm³/mol. The van der Waals surface area contributed by atoms with Gasteiger partial charge in [-0.1, -0.05) is 6.07 Å². The molecule has 0 saturated carbocycles. The summed E-state index contributed by atoms with van der Waals surface area (Å²) in [5.41, 5.74) is 1.81. The number of nitrogens with zero attached hydrogens (tertiary/aromatic N) is 1. The molecule has 1 aromatic rings. The summed E-state index contributed by atoms with van der Waals surface area (Å²) in [5, 5.41) is 8.59. The standard InChI is InChI=1S/C8H6IN/c1-6-2-3-8(9)4-7(6)5-10/h2-4H,1H3. The third-order valence-corrected chi connectivity index (χ3v) is 1.99. The van der Waals surface area contributed by atoms with Crippen LogP contribution in [-0.2, 0) is 0 Å². The summed E-state index contributed by atoms with van der Waals surface area (Å²) in [6.45, 7) is 1.94. The molecule has 2 heteroatoms. The van der Waals surface area contributed by atoms with Crippen molar-refractivity contribution >= 4 is 22.6 Å². The van der Waals surface area contributed by atoms with Gasteiger partial charge in [0.2, 0.25) is 0 Å². The van der Waals surface area contributed by atoms with Crippen molar-refractivity contribution in [2.45, 2.75) is 6.92 Å². The van der Waals surface area contributed by atoms with Crippen LogP contribution in [0.15, 0.2) is 18.2 Å². The Morgan fingerprint density at radius 3 is 2.70 bits per heavy atom. The lowest BCUT2D eigenvalue weighted by Crippen LogP contribution is -1.81. The third-order valence-electron chi connectivity index (χ3n) is 1.32. The summed E-state index contributed by atoms with van der Waals surface area (Å²) in [4.78, 5) is 0. The maximum atomic E-state index is 8.59. The van der Waals surface area contributed by atoms with E-state index in [1.807, 2.05) is 25.1 Å². The van der Waals surface area contributed by atoms with Crippen molar-refractivity contribution < 1.29 is 0 Å². The Bertz CT molecular complexity index is 286. The van der Waals surface area contributed by atoms with E-state index in [1.54, 1.807) is 0 Å². The van der Waals surface area contributed by atoms with Crippen molar-refractivity contribution in [2.24, 2.45) is 0 Å². The second kappa shape index (κ2) is 3.02. The van der Waals surface area contributed by atoms with E-state index in [2.05, 4.69) is 28.7 Å². The topological polar surface area (TPSA) is 23.8 Å². The molecule has 0 bridgehead atoms. The highest BCUT2D eigenvalue weighted by molar-refractivity contribution is 14.1. The van der Waals surface area contributed by atoms with Gasteiger partial charge in [-0.25, -0.2) is 0 Å². The van der Waals surface area contributed by atoms with Crippen molar-refractivity contribution in [3.8, 4) is 6.07 Å². The Hall–Kier alpha value is -0.560. The normalized spacial score (nSPS) is 8.90. The number of nitriles is 1. The first-order chi connectivity index (χ1) is 4.74. The van der Waals surface area contributed by atoms with E-state index < -0.39 is 0 Å². The Morgan fingerprint density at radius 1 is 1.50 bits per heavy atom. The van der Waals surface area contributed by atoms with Crippen LogP contribution >= 0.6 is 22.6 Å². The van der Waals surface area contributed by atoms with Gasteiger partial charge in [0.1, 0.15) is 0 Å². The molecule has 10 heavy (non-hydrogen) atoms. The highest BCUT2D eigenvalue weighted by Gasteiger charge is 1.95. The average molecular weight is 243 g/mol. The van der Waals surface area contributed by atoms with E-state index in [-0.39, 0.29) is 0 Å². The molecular weight excluding hydrogens is 237 g/mol. The molecule has 0 amide bonds. The zero-order valence-corrected chi connectivity index (χ0v) is 7.71. The quantitative estimate of drug-likeness (QED) is 0.642. The van der Waals surface area contributed by atoms with Crippen molar-refractivity contribution in [3.05, 3.63) is 32.9 Å². The third kappa shape index (κ3) is 1.48. The van der Waals surface area contributed by atoms with Crippen molar-refractivity contribution in [1.29, 1.82) is 5.26 Å². The summed E-state index contributed by atoms with van der Waals surface area (Å²) in [7, 11) is 0. The van der Waals surface area contributed by atoms with E-state index >= 15 is 0 Å². The first kappa shape index (κ1) is 7.55. The van der Waals surface area contributed by atoms with Crippen LogP contribution in [0.2, 0.25) is 0 Å². The molecule has 0 saturated heterocycles. The summed E-state index contributed by atoms with van der Waals surface area (Å²) >= 11 is 2.19. The van der Waals surface area contributed by atoms with Crippen LogP contribution in [0.25, 0.3) is 0 Å². The van der Waals surface area contributed by atoms with Gasteiger partial charge in [0.05, 0.1) is 11.6 Å². The van der Waals surface area contributed by atoms with Crippen molar-refractivity contribution in [3.63, 3.8) is 0 Å². The summed E-state index contributed by atoms with van der Waals surface area (Å²) in [6.07, 6.45) is 0. The largest absolute Gasteiger partial charge is 0.192 e. The molecule has 0 radical (unpaired) electrons. The maximum absolute atomic E-state index is 8.59. The van der Waals surface area contributed by atoms with Gasteiger partial charge in [-0.3, -0.25) is 0 Å². The number of halogens is 1. The molecule has 0 unspecified atom stereocenters. The Morgan fingerprint density at radius 2 is 2.20 bits per heavy atom. The van der Waals surface area contributed by atoms with Gasteiger partial charge in [0.15, 0.2) is 0 Å². The van der Waals surface area contributed by atoms with Gasteiger partial charge in [-0.2, -0.15) is 5.26 Å². The first-order valence-corrected chi connectivity index (χ1v) is 3.98. The molecule has 0 aliphatic carbocycles. The minimum atomic E-state index is 0.770. The van der Waals surface area contributed by atoms with Gasteiger partial charge < -0.3 is 0 Å². The first-order valence-electron chi connectivity index (χ1n) is 2.90. The van der Waals surface area contributed by atoms with Crippen molar-refractivity contribution in [2.75, 3.05) is 0 Å². The lowest BCUT2D eigenvalue weighted by atomic mass is 10.1. The molecule has 1 nitrogen and oxygen atoms in total. The molecule has 0 spiro atoms. The fourth-order valence-corrected chi connectivity index (χ4v) is 1.21. The molecule has 1 aromatic carbocycles. The number of hydrogen-bond donors (Lipinski definition) is 0. The van der Waals surface area contributed by atoms with Gasteiger partial charge in [0.25, 0.3) is 0 Å². The fourth-order valence-electron chi connectivity index (χ4n) is 0.715. The highest BCUT2D eigenvalue weighted by atomic mass is 127. The molecule has 0 aliphatic rings. The molecule has 0 aromatic heterocycles. The average Bonchev–Trinajstić information content (AvgIpc) is 1.94. The lowest BCUT2D eigenvalue weighted by molar-refractivity contribution is 1.38. The zero-order chi connectivity index (χ0) is 7.56. The van der Waals surface area contributed by atoms with Gasteiger partial charge >= 0.3 is 0 Å². The molecule has 1 rings (SSSR count). The number of benzene rings is 1. The summed E-state index contributed by atoms with van der Waals surface area (Å²) in [6, 6.07) is 7.97. The van der Waals surface area contributed by atoms with Crippen LogP contribution in [0.1, 0.15) is 11.1 Å². The highest BCUT2D eigenvalue weighted by Crippen LogP contribution is 2.11.